The molecule has 4 aromatic carbocycles. The summed E-state index contributed by atoms with van der Waals surface area (Å²) in [5.41, 5.74) is 0.455. The maximum absolute atomic E-state index is 16.2. The highest BCUT2D eigenvalue weighted by molar-refractivity contribution is 5.99. The van der Waals surface area contributed by atoms with Gasteiger partial charge in [-0.15, -0.1) is 0 Å². The fourth-order valence-electron chi connectivity index (χ4n) is 8.08. The molecular weight excluding hydrogens is 866 g/mol. The van der Waals surface area contributed by atoms with Crippen LogP contribution in [-0.4, -0.2) is 77.2 Å². The minimum absolute atomic E-state index is 0.0138. The first-order valence-corrected chi connectivity index (χ1v) is 21.6. The SMILES string of the molecule is COC(=O)Cc1ccc(C(NC(=O)CC[C@](Cc2ccccc2)(NC(=O)c2ccc(N(C)C3CCc4cc5nc(C)n(COC(=O)C(C)(C)C)c(=O)c5cc43)cc2F)C(=O)O)C(=O)OC)cc1. The van der Waals surface area contributed by atoms with E-state index in [1.54, 1.807) is 89.3 Å². The molecule has 5 aromatic rings. The third-order valence-corrected chi connectivity index (χ3v) is 12.0. The second-order valence-corrected chi connectivity index (χ2v) is 17.6. The van der Waals surface area contributed by atoms with Gasteiger partial charge in [-0.05, 0) is 105 Å². The number of halogens is 1. The maximum Gasteiger partial charge on any atom is 0.333 e. The number of carboxylic acids is 1. The van der Waals surface area contributed by atoms with Crippen molar-refractivity contribution < 1.29 is 52.5 Å². The Labute approximate surface area is 386 Å². The fourth-order valence-corrected chi connectivity index (χ4v) is 8.08. The quantitative estimate of drug-likeness (QED) is 0.0741. The van der Waals surface area contributed by atoms with Gasteiger partial charge in [0.1, 0.15) is 17.2 Å². The number of aryl methyl sites for hydroxylation is 2. The number of esters is 3. The van der Waals surface area contributed by atoms with Gasteiger partial charge in [-0.25, -0.2) is 19.0 Å². The normalized spacial score (nSPS) is 14.5. The summed E-state index contributed by atoms with van der Waals surface area (Å²) in [4.78, 5) is 98.0. The number of nitrogens with zero attached hydrogens (tertiary/aromatic N) is 3. The van der Waals surface area contributed by atoms with Crippen LogP contribution < -0.4 is 21.1 Å². The Morgan fingerprint density at radius 2 is 1.64 bits per heavy atom. The lowest BCUT2D eigenvalue weighted by atomic mass is 9.85. The van der Waals surface area contributed by atoms with Crippen LogP contribution in [0, 0.1) is 18.2 Å². The van der Waals surface area contributed by atoms with Crippen molar-refractivity contribution in [1.82, 2.24) is 20.2 Å². The number of benzene rings is 4. The van der Waals surface area contributed by atoms with E-state index in [-0.39, 0.29) is 31.2 Å². The molecule has 0 bridgehead atoms. The minimum atomic E-state index is -2.12. The van der Waals surface area contributed by atoms with Crippen LogP contribution in [0.1, 0.15) is 96.1 Å². The molecule has 3 N–H and O–H groups in total. The summed E-state index contributed by atoms with van der Waals surface area (Å²) in [5, 5.41) is 16.2. The summed E-state index contributed by atoms with van der Waals surface area (Å²) in [6.45, 7) is 6.52. The van der Waals surface area contributed by atoms with Gasteiger partial charge in [0.2, 0.25) is 5.91 Å². The highest BCUT2D eigenvalue weighted by Gasteiger charge is 2.42. The highest BCUT2D eigenvalue weighted by Crippen LogP contribution is 2.39. The number of hydrogen-bond acceptors (Lipinski definition) is 12. The lowest BCUT2D eigenvalue weighted by molar-refractivity contribution is -0.157. The third kappa shape index (κ3) is 11.2. The standard InChI is InChI=1S/C50H54FN5O11/c1-29-52-39-24-33-17-20-40(36(33)26-37(39)45(60)56(29)28-67-48(64)49(2,3)4)55(5)34-18-19-35(38(51)25-34)44(59)54-50(47(62)63,27-31-11-9-8-10-12-31)22-21-41(57)53-43(46(61)66-7)32-15-13-30(14-16-32)23-42(58)65-6/h8-16,18-19,24-26,40,43H,17,20-23,27-28H2,1-7H3,(H,53,57)(H,54,59)(H,62,63)/t40?,43?,50-/m1/s1. The monoisotopic (exact) mass is 919 g/mol. The Hall–Kier alpha value is -7.43. The largest absolute Gasteiger partial charge is 0.479 e. The number of fused-ring (bicyclic) bond motifs is 2. The van der Waals surface area contributed by atoms with E-state index < -0.39 is 76.9 Å². The van der Waals surface area contributed by atoms with E-state index in [1.165, 1.54) is 35.9 Å². The molecule has 2 unspecified atom stereocenters. The van der Waals surface area contributed by atoms with Gasteiger partial charge in [0.15, 0.2) is 12.8 Å². The number of nitrogens with one attached hydrogen (secondary N) is 2. The number of carbonyl (C=O) groups is 6. The van der Waals surface area contributed by atoms with Gasteiger partial charge in [-0.1, -0.05) is 54.6 Å². The van der Waals surface area contributed by atoms with E-state index in [1.807, 2.05) is 11.0 Å². The number of carbonyl (C=O) groups excluding carboxylic acids is 5. The van der Waals surface area contributed by atoms with Crippen LogP contribution in [0.4, 0.5) is 10.1 Å². The van der Waals surface area contributed by atoms with Crippen LogP contribution in [0.15, 0.2) is 89.7 Å². The molecule has 0 fully saturated rings. The van der Waals surface area contributed by atoms with Crippen LogP contribution in [0.3, 0.4) is 0 Å². The van der Waals surface area contributed by atoms with Crippen molar-refractivity contribution in [2.24, 2.45) is 5.41 Å². The van der Waals surface area contributed by atoms with E-state index in [0.717, 1.165) is 18.2 Å². The number of amides is 2. The van der Waals surface area contributed by atoms with Gasteiger partial charge in [-0.3, -0.25) is 28.5 Å². The van der Waals surface area contributed by atoms with E-state index >= 15 is 4.39 Å². The number of rotatable bonds is 17. The second-order valence-electron chi connectivity index (χ2n) is 17.6. The topological polar surface area (TPSA) is 213 Å². The average molecular weight is 920 g/mol. The lowest BCUT2D eigenvalue weighted by Crippen LogP contribution is -2.56. The van der Waals surface area contributed by atoms with Gasteiger partial charge >= 0.3 is 23.9 Å². The number of hydrogen-bond donors (Lipinski definition) is 3. The third-order valence-electron chi connectivity index (χ3n) is 12.0. The van der Waals surface area contributed by atoms with Gasteiger partial charge in [0, 0.05) is 25.6 Å². The predicted molar refractivity (Wildman–Crippen MR) is 244 cm³/mol. The van der Waals surface area contributed by atoms with Crippen molar-refractivity contribution >= 4 is 52.3 Å². The molecule has 67 heavy (non-hydrogen) atoms. The molecule has 1 aliphatic carbocycles. The predicted octanol–water partition coefficient (Wildman–Crippen LogP) is 5.84. The Kier molecular flexibility index (Phi) is 14.9. The van der Waals surface area contributed by atoms with Crippen LogP contribution in [0.25, 0.3) is 10.9 Å². The van der Waals surface area contributed by atoms with Crippen molar-refractivity contribution in [3.8, 4) is 0 Å². The molecule has 2 amide bonds. The second kappa shape index (κ2) is 20.4. The number of aromatic nitrogens is 2. The van der Waals surface area contributed by atoms with E-state index in [0.29, 0.717) is 51.9 Å². The molecule has 1 aromatic heterocycles. The van der Waals surface area contributed by atoms with Gasteiger partial charge < -0.3 is 34.9 Å². The molecule has 1 aliphatic rings. The first kappa shape index (κ1) is 49.0. The zero-order valence-electron chi connectivity index (χ0n) is 38.4. The first-order valence-electron chi connectivity index (χ1n) is 21.6. The maximum atomic E-state index is 16.2. The summed E-state index contributed by atoms with van der Waals surface area (Å²) in [5.74, 6) is -5.52. The summed E-state index contributed by atoms with van der Waals surface area (Å²) >= 11 is 0. The van der Waals surface area contributed by atoms with Gasteiger partial charge in [0.05, 0.1) is 48.6 Å². The molecule has 1 heterocycles. The van der Waals surface area contributed by atoms with Crippen LogP contribution in [0.5, 0.6) is 0 Å². The molecule has 352 valence electrons. The Balaban J connectivity index is 1.21. The zero-order valence-corrected chi connectivity index (χ0v) is 38.4. The summed E-state index contributed by atoms with van der Waals surface area (Å²) in [6, 6.07) is 20.7. The fraction of sp³-hybridized carbons (Fsp3) is 0.360. The van der Waals surface area contributed by atoms with Crippen LogP contribution in [-0.2, 0) is 64.2 Å². The molecular formula is C50H54FN5O11. The number of methoxy groups -OCH3 is 2. The minimum Gasteiger partial charge on any atom is -0.479 e. The molecule has 0 aliphatic heterocycles. The van der Waals surface area contributed by atoms with E-state index in [2.05, 4.69) is 15.6 Å². The molecule has 0 radical (unpaired) electrons. The van der Waals surface area contributed by atoms with Crippen molar-refractivity contribution in [3.05, 3.63) is 140 Å². The van der Waals surface area contributed by atoms with Crippen LogP contribution >= 0.6 is 0 Å². The summed E-state index contributed by atoms with van der Waals surface area (Å²) in [6.07, 6.45) is 0.0556. The number of ether oxygens (including phenoxy) is 3. The number of aliphatic carboxylic acids is 1. The Morgan fingerprint density at radius 3 is 2.27 bits per heavy atom. The highest BCUT2D eigenvalue weighted by atomic mass is 19.1. The first-order chi connectivity index (χ1) is 31.7. The van der Waals surface area contributed by atoms with Crippen molar-refractivity contribution in [2.45, 2.75) is 90.6 Å². The van der Waals surface area contributed by atoms with Crippen LogP contribution in [0.2, 0.25) is 0 Å². The van der Waals surface area contributed by atoms with Gasteiger partial charge in [-0.2, -0.15) is 0 Å². The molecule has 6 rings (SSSR count). The number of anilines is 1. The Bertz CT molecular complexity index is 2770. The average Bonchev–Trinajstić information content (AvgIpc) is 3.71. The van der Waals surface area contributed by atoms with Crippen molar-refractivity contribution in [1.29, 1.82) is 0 Å². The van der Waals surface area contributed by atoms with Gasteiger partial charge in [0.25, 0.3) is 11.5 Å². The molecule has 17 heteroatoms. The zero-order chi connectivity index (χ0) is 48.8. The molecule has 16 nitrogen and oxygen atoms in total. The summed E-state index contributed by atoms with van der Waals surface area (Å²) in [7, 11) is 4.17. The Morgan fingerprint density at radius 1 is 0.940 bits per heavy atom. The smallest absolute Gasteiger partial charge is 0.333 e. The summed E-state index contributed by atoms with van der Waals surface area (Å²) < 4.78 is 32.5. The molecule has 3 atom stereocenters. The molecule has 0 saturated heterocycles. The van der Waals surface area contributed by atoms with E-state index in [9.17, 15) is 38.7 Å². The molecule has 0 saturated carbocycles. The van der Waals surface area contributed by atoms with E-state index in [4.69, 9.17) is 14.2 Å². The van der Waals surface area contributed by atoms with Crippen molar-refractivity contribution in [2.75, 3.05) is 26.2 Å². The molecule has 0 spiro atoms. The number of carboxylic acid groups (broad SMARTS) is 1. The lowest BCUT2D eigenvalue weighted by Gasteiger charge is -2.31. The van der Waals surface area contributed by atoms with Crippen molar-refractivity contribution in [3.63, 3.8) is 0 Å².